The van der Waals surface area contributed by atoms with Crippen LogP contribution in [0.3, 0.4) is 0 Å². The normalized spacial score (nSPS) is 21.9. The molecule has 4 aromatic rings. The largest absolute Gasteiger partial charge is 0.493 e. The van der Waals surface area contributed by atoms with Crippen molar-refractivity contribution in [3.8, 4) is 23.3 Å². The number of aromatic nitrogens is 1. The zero-order chi connectivity index (χ0) is 45.2. The first-order valence-electron chi connectivity index (χ1n) is 21.4. The molecule has 3 aromatic carbocycles. The second-order valence-corrected chi connectivity index (χ2v) is 17.3. The van der Waals surface area contributed by atoms with Gasteiger partial charge in [-0.1, -0.05) is 31.9 Å². The minimum absolute atomic E-state index is 0.0301. The molecule has 2 amide bonds. The summed E-state index contributed by atoms with van der Waals surface area (Å²) in [7, 11) is 7.03. The van der Waals surface area contributed by atoms with Crippen LogP contribution in [0.15, 0.2) is 60.7 Å². The number of amides is 2. The highest BCUT2D eigenvalue weighted by Gasteiger charge is 2.35. The van der Waals surface area contributed by atoms with Crippen LogP contribution in [0.5, 0.6) is 11.5 Å². The number of piperidine rings is 1. The Hall–Kier alpha value is -5.66. The van der Waals surface area contributed by atoms with E-state index in [2.05, 4.69) is 33.4 Å². The van der Waals surface area contributed by atoms with Crippen molar-refractivity contribution in [2.24, 2.45) is 5.92 Å². The zero-order valence-corrected chi connectivity index (χ0v) is 36.6. The third-order valence-corrected chi connectivity index (χ3v) is 12.5. The standard InChI is InChI=1S/C47H57F4N7O5/c1-29(2)44-46(61)53-33(27-59)21-30-12-14-34(24-41(30)56(44)5)57-19-16-32(25-57)52-45(60)31-13-15-42(62-6)43(22-31)63-20-8-9-35-23-36-38(55(4)40-17-18-54(3)26-37(40)48)10-7-11-39(36)58(35)28-47(49,50)51/h7,10-15,22-24,29,32-33,37,40,44,59H,16-21,25-28H2,1-6H3,(H,52,60)(H,53,61)/t32-,33+,37+,40-,44+/m1/s1. The number of hydrogen-bond acceptors (Lipinski definition) is 9. The molecule has 1 aromatic heterocycles. The Morgan fingerprint density at radius 2 is 1.84 bits per heavy atom. The lowest BCUT2D eigenvalue weighted by atomic mass is 9.95. The third-order valence-electron chi connectivity index (χ3n) is 12.5. The summed E-state index contributed by atoms with van der Waals surface area (Å²) < 4.78 is 69.5. The topological polar surface area (TPSA) is 115 Å². The molecule has 0 unspecified atom stereocenters. The number of anilines is 3. The number of benzene rings is 3. The predicted molar refractivity (Wildman–Crippen MR) is 237 cm³/mol. The fourth-order valence-corrected chi connectivity index (χ4v) is 9.28. The Labute approximate surface area is 366 Å². The lowest BCUT2D eigenvalue weighted by Gasteiger charge is -2.39. The summed E-state index contributed by atoms with van der Waals surface area (Å²) in [5.41, 5.74) is 4.36. The maximum atomic E-state index is 15.2. The number of methoxy groups -OCH3 is 1. The van der Waals surface area contributed by atoms with E-state index < -0.39 is 31.0 Å². The van der Waals surface area contributed by atoms with Crippen molar-refractivity contribution in [2.45, 2.75) is 76.2 Å². The van der Waals surface area contributed by atoms with Crippen LogP contribution in [-0.4, -0.2) is 131 Å². The number of hydrogen-bond donors (Lipinski definition) is 3. The van der Waals surface area contributed by atoms with Crippen LogP contribution in [0.2, 0.25) is 0 Å². The Morgan fingerprint density at radius 3 is 2.56 bits per heavy atom. The van der Waals surface area contributed by atoms with Gasteiger partial charge in [0.05, 0.1) is 37.0 Å². The van der Waals surface area contributed by atoms with Crippen molar-refractivity contribution >= 4 is 39.8 Å². The second-order valence-electron chi connectivity index (χ2n) is 17.3. The quantitative estimate of drug-likeness (QED) is 0.131. The summed E-state index contributed by atoms with van der Waals surface area (Å²) in [4.78, 5) is 34.7. The summed E-state index contributed by atoms with van der Waals surface area (Å²) in [5, 5.41) is 16.6. The minimum atomic E-state index is -4.52. The zero-order valence-electron chi connectivity index (χ0n) is 36.6. The minimum Gasteiger partial charge on any atom is -0.493 e. The molecule has 4 heterocycles. The molecule has 3 aliphatic rings. The smallest absolute Gasteiger partial charge is 0.406 e. The number of nitrogens with zero attached hydrogens (tertiary/aromatic N) is 5. The second kappa shape index (κ2) is 19.0. The first-order valence-corrected chi connectivity index (χ1v) is 21.4. The molecule has 0 bridgehead atoms. The number of halogens is 4. The summed E-state index contributed by atoms with van der Waals surface area (Å²) in [6, 6.07) is 16.3. The average molecular weight is 876 g/mol. The van der Waals surface area contributed by atoms with Crippen LogP contribution in [-0.2, 0) is 17.8 Å². The highest BCUT2D eigenvalue weighted by atomic mass is 19.4. The molecule has 3 aliphatic heterocycles. The van der Waals surface area contributed by atoms with Gasteiger partial charge in [-0.05, 0) is 92.2 Å². The number of aliphatic hydroxyl groups is 1. The lowest BCUT2D eigenvalue weighted by Crippen LogP contribution is -2.54. The molecule has 0 spiro atoms. The van der Waals surface area contributed by atoms with Crippen molar-refractivity contribution in [3.05, 3.63) is 77.5 Å². The average Bonchev–Trinajstić information content (AvgIpc) is 3.84. The number of likely N-dealkylation sites (N-methyl/N-ethyl adjacent to an activating group) is 1. The maximum Gasteiger partial charge on any atom is 0.406 e. The van der Waals surface area contributed by atoms with Gasteiger partial charge in [-0.3, -0.25) is 9.59 Å². The molecule has 7 rings (SSSR count). The molecular formula is C47H57F4N7O5. The molecule has 0 radical (unpaired) electrons. The van der Waals surface area contributed by atoms with Gasteiger partial charge in [0.25, 0.3) is 5.91 Å². The molecule has 2 saturated heterocycles. The van der Waals surface area contributed by atoms with E-state index >= 15 is 4.39 Å². The number of carbonyl (C=O) groups is 2. The van der Waals surface area contributed by atoms with Gasteiger partial charge in [0, 0.05) is 74.3 Å². The molecule has 63 heavy (non-hydrogen) atoms. The molecule has 0 aliphatic carbocycles. The summed E-state index contributed by atoms with van der Waals surface area (Å²) in [6.45, 7) is 4.63. The van der Waals surface area contributed by atoms with Crippen LogP contribution in [0, 0.1) is 17.8 Å². The molecule has 338 valence electrons. The summed E-state index contributed by atoms with van der Waals surface area (Å²) >= 11 is 0. The lowest BCUT2D eigenvalue weighted by molar-refractivity contribution is -0.140. The monoisotopic (exact) mass is 875 g/mol. The van der Waals surface area contributed by atoms with E-state index in [1.165, 1.54) is 7.11 Å². The molecule has 2 fully saturated rings. The predicted octanol–water partition coefficient (Wildman–Crippen LogP) is 5.62. The van der Waals surface area contributed by atoms with Gasteiger partial charge >= 0.3 is 6.18 Å². The van der Waals surface area contributed by atoms with E-state index in [0.717, 1.165) is 21.5 Å². The first-order chi connectivity index (χ1) is 30.0. The Balaban J connectivity index is 1.04. The number of aliphatic hydroxyl groups excluding tert-OH is 1. The fraction of sp³-hybridized carbons (Fsp3) is 0.489. The van der Waals surface area contributed by atoms with Gasteiger partial charge in [-0.25, -0.2) is 4.39 Å². The molecule has 16 heteroatoms. The SMILES string of the molecule is COc1ccc(C(=O)N[C@@H]2CCN(c3ccc4c(c3)N(C)[C@@H](C(C)C)C(=O)N[C@H](CO)C4)C2)cc1OCC#Cc1cc2c(N(C)[C@@H]3CCN(C)C[C@@H]3F)cccc2n1CC(F)(F)F. The number of nitrogens with one attached hydrogen (secondary N) is 2. The number of alkyl halides is 4. The van der Waals surface area contributed by atoms with Crippen molar-refractivity contribution < 1.29 is 41.7 Å². The van der Waals surface area contributed by atoms with Crippen molar-refractivity contribution in [2.75, 3.05) is 82.3 Å². The number of carbonyl (C=O) groups excluding carboxylic acids is 2. The van der Waals surface area contributed by atoms with Gasteiger partial charge in [0.1, 0.15) is 25.4 Å². The first kappa shape index (κ1) is 45.4. The Kier molecular flexibility index (Phi) is 13.7. The third kappa shape index (κ3) is 10.1. The van der Waals surface area contributed by atoms with Gasteiger partial charge in [0.2, 0.25) is 5.91 Å². The fourth-order valence-electron chi connectivity index (χ4n) is 9.28. The number of fused-ring (bicyclic) bond motifs is 2. The highest BCUT2D eigenvalue weighted by Crippen LogP contribution is 2.36. The van der Waals surface area contributed by atoms with Gasteiger partial charge < -0.3 is 49.4 Å². The van der Waals surface area contributed by atoms with E-state index in [1.54, 1.807) is 49.5 Å². The van der Waals surface area contributed by atoms with E-state index in [0.29, 0.717) is 66.8 Å². The van der Waals surface area contributed by atoms with Crippen LogP contribution >= 0.6 is 0 Å². The molecule has 3 N–H and O–H groups in total. The Morgan fingerprint density at radius 1 is 1.05 bits per heavy atom. The summed E-state index contributed by atoms with van der Waals surface area (Å²) in [5.74, 6) is 5.92. The van der Waals surface area contributed by atoms with E-state index in [9.17, 15) is 27.9 Å². The Bertz CT molecular complexity index is 2360. The van der Waals surface area contributed by atoms with Crippen LogP contribution in [0.4, 0.5) is 34.6 Å². The van der Waals surface area contributed by atoms with Crippen molar-refractivity contribution in [3.63, 3.8) is 0 Å². The van der Waals surface area contributed by atoms with Crippen molar-refractivity contribution in [1.29, 1.82) is 0 Å². The highest BCUT2D eigenvalue weighted by molar-refractivity contribution is 5.96. The maximum absolute atomic E-state index is 15.2. The van der Waals surface area contributed by atoms with E-state index in [1.807, 2.05) is 54.8 Å². The van der Waals surface area contributed by atoms with E-state index in [-0.39, 0.29) is 61.0 Å². The molecule has 0 saturated carbocycles. The summed E-state index contributed by atoms with van der Waals surface area (Å²) in [6.07, 6.45) is -3.86. The van der Waals surface area contributed by atoms with Crippen LogP contribution in [0.25, 0.3) is 10.9 Å². The molecule has 12 nitrogen and oxygen atoms in total. The van der Waals surface area contributed by atoms with Gasteiger partial charge in [-0.15, -0.1) is 0 Å². The van der Waals surface area contributed by atoms with Gasteiger partial charge in [-0.2, -0.15) is 13.2 Å². The van der Waals surface area contributed by atoms with Crippen molar-refractivity contribution in [1.82, 2.24) is 20.1 Å². The number of ether oxygens (including phenoxy) is 2. The molecule has 5 atom stereocenters. The number of likely N-dealkylation sites (tertiary alicyclic amines) is 1. The number of rotatable bonds is 11. The molecular weight excluding hydrogens is 819 g/mol. The van der Waals surface area contributed by atoms with Crippen LogP contribution in [0.1, 0.15) is 48.3 Å². The van der Waals surface area contributed by atoms with E-state index in [4.69, 9.17) is 9.47 Å². The van der Waals surface area contributed by atoms with Gasteiger partial charge in [0.15, 0.2) is 11.5 Å². The van der Waals surface area contributed by atoms with Crippen LogP contribution < -0.4 is 34.8 Å².